The lowest BCUT2D eigenvalue weighted by Crippen LogP contribution is -2.09. The van der Waals surface area contributed by atoms with Crippen molar-refractivity contribution in [3.05, 3.63) is 71.6 Å². The molecule has 0 unspecified atom stereocenters. The van der Waals surface area contributed by atoms with Gasteiger partial charge in [-0.25, -0.2) is 14.0 Å². The second kappa shape index (κ2) is 10.6. The second-order valence-corrected chi connectivity index (χ2v) is 5.99. The summed E-state index contributed by atoms with van der Waals surface area (Å²) in [6.07, 6.45) is 7.25. The fourth-order valence-corrected chi connectivity index (χ4v) is 2.32. The van der Waals surface area contributed by atoms with Gasteiger partial charge in [-0.3, -0.25) is 0 Å². The van der Waals surface area contributed by atoms with Crippen LogP contribution < -0.4 is 9.47 Å². The van der Waals surface area contributed by atoms with Crippen LogP contribution in [0.2, 0.25) is 0 Å². The summed E-state index contributed by atoms with van der Waals surface area (Å²) in [5, 5.41) is 8.70. The van der Waals surface area contributed by atoms with Gasteiger partial charge in [-0.05, 0) is 49.2 Å². The number of halogens is 1. The van der Waals surface area contributed by atoms with Gasteiger partial charge < -0.3 is 9.47 Å². The summed E-state index contributed by atoms with van der Waals surface area (Å²) < 4.78 is 23.8. The average Bonchev–Trinajstić information content (AvgIpc) is 2.68. The molecule has 6 heteroatoms. The standard InChI is InChI=1S/C22H20FNO4/c1-2-3-4-5-6-7-21(25)27-18-11-8-16(9-12-18)22(26)28-19-13-10-17(15-24)20(23)14-19/h6-14H,2-5H2,1H3. The van der Waals surface area contributed by atoms with Crippen molar-refractivity contribution in [1.29, 1.82) is 5.26 Å². The molecule has 0 heterocycles. The van der Waals surface area contributed by atoms with E-state index in [0.29, 0.717) is 5.75 Å². The third-order valence-electron chi connectivity index (χ3n) is 3.81. The minimum atomic E-state index is -0.766. The molecule has 144 valence electrons. The Morgan fingerprint density at radius 2 is 1.79 bits per heavy atom. The smallest absolute Gasteiger partial charge is 0.343 e. The summed E-state index contributed by atoms with van der Waals surface area (Å²) in [4.78, 5) is 23.8. The Bertz CT molecular complexity index is 898. The Balaban J connectivity index is 1.91. The number of allylic oxidation sites excluding steroid dienone is 1. The van der Waals surface area contributed by atoms with Crippen molar-refractivity contribution in [3.63, 3.8) is 0 Å². The highest BCUT2D eigenvalue weighted by molar-refractivity contribution is 5.91. The summed E-state index contributed by atoms with van der Waals surface area (Å²) >= 11 is 0. The molecule has 0 amide bonds. The lowest BCUT2D eigenvalue weighted by molar-refractivity contribution is -0.129. The van der Waals surface area contributed by atoms with Crippen LogP contribution in [0.5, 0.6) is 11.5 Å². The molecule has 0 fully saturated rings. The molecule has 5 nitrogen and oxygen atoms in total. The van der Waals surface area contributed by atoms with E-state index in [1.54, 1.807) is 12.1 Å². The van der Waals surface area contributed by atoms with Crippen molar-refractivity contribution >= 4 is 11.9 Å². The number of hydrogen-bond donors (Lipinski definition) is 0. The van der Waals surface area contributed by atoms with Gasteiger partial charge in [-0.1, -0.05) is 25.8 Å². The van der Waals surface area contributed by atoms with Gasteiger partial charge in [0.2, 0.25) is 0 Å². The molecule has 0 atom stereocenters. The normalized spacial score (nSPS) is 10.5. The molecule has 2 rings (SSSR count). The quantitative estimate of drug-likeness (QED) is 0.280. The number of hydrogen-bond acceptors (Lipinski definition) is 5. The van der Waals surface area contributed by atoms with Gasteiger partial charge in [-0.15, -0.1) is 0 Å². The number of nitrogens with zero attached hydrogens (tertiary/aromatic N) is 1. The molecule has 0 aliphatic carbocycles. The van der Waals surface area contributed by atoms with Crippen LogP contribution in [0.3, 0.4) is 0 Å². The van der Waals surface area contributed by atoms with Crippen molar-refractivity contribution in [3.8, 4) is 17.6 Å². The van der Waals surface area contributed by atoms with Gasteiger partial charge in [0.15, 0.2) is 0 Å². The van der Waals surface area contributed by atoms with Crippen molar-refractivity contribution in [2.45, 2.75) is 32.6 Å². The third-order valence-corrected chi connectivity index (χ3v) is 3.81. The number of unbranched alkanes of at least 4 members (excludes halogenated alkanes) is 3. The molecular formula is C22H20FNO4. The van der Waals surface area contributed by atoms with Gasteiger partial charge in [0.05, 0.1) is 11.1 Å². The number of benzene rings is 2. The van der Waals surface area contributed by atoms with Gasteiger partial charge in [0.1, 0.15) is 23.4 Å². The van der Waals surface area contributed by atoms with E-state index in [1.165, 1.54) is 42.5 Å². The average molecular weight is 381 g/mol. The molecule has 0 radical (unpaired) electrons. The zero-order valence-electron chi connectivity index (χ0n) is 15.5. The maximum absolute atomic E-state index is 13.6. The molecular weight excluding hydrogens is 361 g/mol. The topological polar surface area (TPSA) is 76.4 Å². The highest BCUT2D eigenvalue weighted by Crippen LogP contribution is 2.19. The first kappa shape index (κ1) is 20.8. The lowest BCUT2D eigenvalue weighted by Gasteiger charge is -2.06. The summed E-state index contributed by atoms with van der Waals surface area (Å²) in [6, 6.07) is 11.1. The number of rotatable bonds is 8. The molecule has 0 aromatic heterocycles. The van der Waals surface area contributed by atoms with Crippen LogP contribution in [0.4, 0.5) is 4.39 Å². The molecule has 0 aliphatic rings. The van der Waals surface area contributed by atoms with Crippen molar-refractivity contribution in [2.75, 3.05) is 0 Å². The Kier molecular flexibility index (Phi) is 7.92. The Labute approximate surface area is 163 Å². The van der Waals surface area contributed by atoms with Crippen LogP contribution in [0, 0.1) is 17.1 Å². The van der Waals surface area contributed by atoms with Gasteiger partial charge in [0.25, 0.3) is 0 Å². The van der Waals surface area contributed by atoms with Crippen molar-refractivity contribution < 1.29 is 23.5 Å². The van der Waals surface area contributed by atoms with Gasteiger partial charge in [-0.2, -0.15) is 5.26 Å². The molecule has 28 heavy (non-hydrogen) atoms. The fraction of sp³-hybridized carbons (Fsp3) is 0.227. The van der Waals surface area contributed by atoms with Crippen LogP contribution in [0.1, 0.15) is 48.5 Å². The second-order valence-electron chi connectivity index (χ2n) is 5.99. The summed E-state index contributed by atoms with van der Waals surface area (Å²) in [5.74, 6) is -1.66. The molecule has 0 saturated carbocycles. The first-order chi connectivity index (χ1) is 13.5. The number of esters is 2. The lowest BCUT2D eigenvalue weighted by atomic mass is 10.2. The van der Waals surface area contributed by atoms with Gasteiger partial charge >= 0.3 is 11.9 Å². The molecule has 0 bridgehead atoms. The van der Waals surface area contributed by atoms with E-state index in [9.17, 15) is 14.0 Å². The summed E-state index contributed by atoms with van der Waals surface area (Å²) in [7, 11) is 0. The Morgan fingerprint density at radius 1 is 1.07 bits per heavy atom. The highest BCUT2D eigenvalue weighted by Gasteiger charge is 2.11. The number of nitriles is 1. The van der Waals surface area contributed by atoms with Crippen LogP contribution in [0.15, 0.2) is 54.6 Å². The van der Waals surface area contributed by atoms with E-state index < -0.39 is 17.8 Å². The van der Waals surface area contributed by atoms with Crippen molar-refractivity contribution in [1.82, 2.24) is 0 Å². The number of carbonyl (C=O) groups excluding carboxylic acids is 2. The minimum Gasteiger partial charge on any atom is -0.423 e. The predicted octanol–water partition coefficient (Wildman–Crippen LogP) is 4.96. The zero-order chi connectivity index (χ0) is 20.4. The Hall–Kier alpha value is -3.46. The van der Waals surface area contributed by atoms with E-state index in [0.717, 1.165) is 31.7 Å². The maximum atomic E-state index is 13.6. The summed E-state index contributed by atoms with van der Waals surface area (Å²) in [5.41, 5.74) is 0.0741. The molecule has 0 N–H and O–H groups in total. The van der Waals surface area contributed by atoms with E-state index in [-0.39, 0.29) is 16.9 Å². The molecule has 0 spiro atoms. The predicted molar refractivity (Wildman–Crippen MR) is 101 cm³/mol. The van der Waals surface area contributed by atoms with Crippen LogP contribution in [-0.2, 0) is 4.79 Å². The first-order valence-electron chi connectivity index (χ1n) is 8.93. The molecule has 2 aromatic rings. The molecule has 2 aromatic carbocycles. The molecule has 0 saturated heterocycles. The largest absolute Gasteiger partial charge is 0.423 e. The number of ether oxygens (including phenoxy) is 2. The maximum Gasteiger partial charge on any atom is 0.343 e. The third kappa shape index (κ3) is 6.36. The van der Waals surface area contributed by atoms with Crippen LogP contribution in [-0.4, -0.2) is 11.9 Å². The van der Waals surface area contributed by atoms with E-state index >= 15 is 0 Å². The first-order valence-corrected chi connectivity index (χ1v) is 8.93. The van der Waals surface area contributed by atoms with Crippen LogP contribution >= 0.6 is 0 Å². The van der Waals surface area contributed by atoms with E-state index in [1.807, 2.05) is 0 Å². The fourth-order valence-electron chi connectivity index (χ4n) is 2.32. The van der Waals surface area contributed by atoms with Gasteiger partial charge in [0, 0.05) is 12.1 Å². The SMILES string of the molecule is CCCCCC=CC(=O)Oc1ccc(C(=O)Oc2ccc(C#N)c(F)c2)cc1. The van der Waals surface area contributed by atoms with E-state index in [4.69, 9.17) is 14.7 Å². The van der Waals surface area contributed by atoms with Crippen molar-refractivity contribution in [2.24, 2.45) is 0 Å². The Morgan fingerprint density at radius 3 is 2.43 bits per heavy atom. The van der Waals surface area contributed by atoms with E-state index in [2.05, 4.69) is 6.92 Å². The van der Waals surface area contributed by atoms with Crippen LogP contribution in [0.25, 0.3) is 0 Å². The zero-order valence-corrected chi connectivity index (χ0v) is 15.5. The minimum absolute atomic E-state index is 0.00906. The monoisotopic (exact) mass is 381 g/mol. The molecule has 0 aliphatic heterocycles. The number of carbonyl (C=O) groups is 2. The summed E-state index contributed by atoms with van der Waals surface area (Å²) in [6.45, 7) is 2.11. The highest BCUT2D eigenvalue weighted by atomic mass is 19.1.